The summed E-state index contributed by atoms with van der Waals surface area (Å²) < 4.78 is 1.87. The molecule has 1 aromatic heterocycles. The maximum atomic E-state index is 11.8. The minimum atomic E-state index is -0.391. The first kappa shape index (κ1) is 11.2. The molecule has 0 radical (unpaired) electrons. The third-order valence-corrected chi connectivity index (χ3v) is 3.23. The van der Waals surface area contributed by atoms with Gasteiger partial charge in [-0.1, -0.05) is 0 Å². The highest BCUT2D eigenvalue weighted by atomic mass is 32.1. The zero-order valence-corrected chi connectivity index (χ0v) is 10.3. The Labute approximate surface area is 108 Å². The molecule has 2 N–H and O–H groups in total. The summed E-state index contributed by atoms with van der Waals surface area (Å²) in [5.41, 5.74) is 0.446. The molecule has 1 saturated carbocycles. The number of hydrogen-bond donors (Lipinski definition) is 2. The van der Waals surface area contributed by atoms with Gasteiger partial charge in [0.1, 0.15) is 5.56 Å². The number of nitrogens with one attached hydrogen (secondary N) is 1. The molecule has 0 unspecified atom stereocenters. The number of aromatic nitrogens is 2. The fraction of sp³-hybridized carbons (Fsp3) is 0.250. The lowest BCUT2D eigenvalue weighted by Crippen LogP contribution is -2.16. The van der Waals surface area contributed by atoms with Gasteiger partial charge < -0.3 is 5.11 Å². The molecule has 92 valence electrons. The monoisotopic (exact) mass is 261 g/mol. The maximum Gasteiger partial charge on any atom is 0.262 e. The molecular weight excluding hydrogens is 250 g/mol. The summed E-state index contributed by atoms with van der Waals surface area (Å²) in [7, 11) is 0. The van der Waals surface area contributed by atoms with Crippen LogP contribution in [0.3, 0.4) is 0 Å². The maximum absolute atomic E-state index is 11.8. The molecule has 6 heteroatoms. The van der Waals surface area contributed by atoms with Crippen LogP contribution in [0.2, 0.25) is 0 Å². The molecule has 2 heterocycles. The molecule has 0 atom stereocenters. The molecule has 0 saturated heterocycles. The van der Waals surface area contributed by atoms with Gasteiger partial charge >= 0.3 is 0 Å². The van der Waals surface area contributed by atoms with Crippen LogP contribution in [0.15, 0.2) is 27.6 Å². The molecule has 0 aromatic carbocycles. The average Bonchev–Trinajstić information content (AvgIpc) is 3.01. The smallest absolute Gasteiger partial charge is 0.262 e. The molecule has 2 aliphatic rings. The Morgan fingerprint density at radius 2 is 2.33 bits per heavy atom. The van der Waals surface area contributed by atoms with Gasteiger partial charge in [-0.15, -0.1) is 0 Å². The van der Waals surface area contributed by atoms with Crippen molar-refractivity contribution in [1.82, 2.24) is 9.55 Å². The normalized spacial score (nSPS) is 19.9. The third-order valence-electron chi connectivity index (χ3n) is 2.93. The fourth-order valence-corrected chi connectivity index (χ4v) is 2.23. The molecule has 0 bridgehead atoms. The first-order valence-electron chi connectivity index (χ1n) is 5.67. The van der Waals surface area contributed by atoms with Gasteiger partial charge in [-0.25, -0.2) is 0 Å². The fourth-order valence-electron chi connectivity index (χ4n) is 1.90. The van der Waals surface area contributed by atoms with Crippen molar-refractivity contribution in [2.75, 3.05) is 0 Å². The summed E-state index contributed by atoms with van der Waals surface area (Å²) in [6.45, 7) is 0. The van der Waals surface area contributed by atoms with Crippen molar-refractivity contribution in [2.24, 2.45) is 4.99 Å². The van der Waals surface area contributed by atoms with Crippen molar-refractivity contribution in [3.8, 4) is 5.88 Å². The standard InChI is InChI=1S/C12H11N3O2S/c16-10-9(6-7-2-1-5-13-7)11(17)15(8-3-4-8)12(18)14-10/h1-2,5-6,8,17H,3-4H2,(H,14,16,18)/b7-6+. The summed E-state index contributed by atoms with van der Waals surface area (Å²) in [6.07, 6.45) is 8.68. The molecule has 1 aliphatic heterocycles. The van der Waals surface area contributed by atoms with Crippen LogP contribution in [-0.2, 0) is 0 Å². The van der Waals surface area contributed by atoms with E-state index in [9.17, 15) is 9.90 Å². The Morgan fingerprint density at radius 1 is 1.56 bits per heavy atom. The summed E-state index contributed by atoms with van der Waals surface area (Å²) >= 11 is 5.07. The van der Waals surface area contributed by atoms with Gasteiger partial charge in [0.25, 0.3) is 5.56 Å². The zero-order valence-electron chi connectivity index (χ0n) is 9.46. The number of rotatable bonds is 2. The number of hydrogen-bond acceptors (Lipinski definition) is 4. The van der Waals surface area contributed by atoms with Gasteiger partial charge in [0, 0.05) is 12.3 Å². The topological polar surface area (TPSA) is 70.4 Å². The number of aromatic amines is 1. The van der Waals surface area contributed by atoms with Gasteiger partial charge in [-0.05, 0) is 43.3 Å². The van der Waals surface area contributed by atoms with Gasteiger partial charge in [0.15, 0.2) is 4.77 Å². The van der Waals surface area contributed by atoms with E-state index in [1.54, 1.807) is 29.0 Å². The molecule has 1 fully saturated rings. The Balaban J connectivity index is 2.20. The van der Waals surface area contributed by atoms with Gasteiger partial charge in [0.05, 0.1) is 5.70 Å². The summed E-state index contributed by atoms with van der Waals surface area (Å²) in [4.78, 5) is 18.5. The van der Waals surface area contributed by atoms with Crippen molar-refractivity contribution in [2.45, 2.75) is 18.9 Å². The summed E-state index contributed by atoms with van der Waals surface area (Å²) in [6, 6.07) is 0.203. The molecule has 0 amide bonds. The van der Waals surface area contributed by atoms with Crippen LogP contribution in [0, 0.1) is 4.77 Å². The number of nitrogens with zero attached hydrogens (tertiary/aromatic N) is 2. The Morgan fingerprint density at radius 3 is 2.94 bits per heavy atom. The highest BCUT2D eigenvalue weighted by molar-refractivity contribution is 7.71. The van der Waals surface area contributed by atoms with Crippen LogP contribution < -0.4 is 5.56 Å². The van der Waals surface area contributed by atoms with E-state index in [4.69, 9.17) is 12.2 Å². The highest BCUT2D eigenvalue weighted by Crippen LogP contribution is 2.38. The van der Waals surface area contributed by atoms with Gasteiger partial charge in [0.2, 0.25) is 5.88 Å². The van der Waals surface area contributed by atoms with Crippen LogP contribution in [-0.4, -0.2) is 20.9 Å². The van der Waals surface area contributed by atoms with Crippen molar-refractivity contribution in [3.05, 3.63) is 38.5 Å². The first-order valence-corrected chi connectivity index (χ1v) is 6.08. The predicted molar refractivity (Wildman–Crippen MR) is 71.4 cm³/mol. The number of aliphatic imine (C=N–C) groups is 1. The van der Waals surface area contributed by atoms with E-state index >= 15 is 0 Å². The van der Waals surface area contributed by atoms with Crippen LogP contribution in [0.5, 0.6) is 5.88 Å². The van der Waals surface area contributed by atoms with Gasteiger partial charge in [-0.3, -0.25) is 19.3 Å². The Hall–Kier alpha value is -1.95. The quantitative estimate of drug-likeness (QED) is 0.799. The van der Waals surface area contributed by atoms with E-state index in [2.05, 4.69) is 9.98 Å². The van der Waals surface area contributed by atoms with Crippen molar-refractivity contribution in [1.29, 1.82) is 0 Å². The minimum Gasteiger partial charge on any atom is -0.494 e. The Kier molecular flexibility index (Phi) is 2.52. The molecule has 1 aliphatic carbocycles. The number of H-pyrrole nitrogens is 1. The van der Waals surface area contributed by atoms with Crippen molar-refractivity contribution < 1.29 is 5.11 Å². The van der Waals surface area contributed by atoms with E-state index in [-0.39, 0.29) is 22.3 Å². The van der Waals surface area contributed by atoms with E-state index in [1.165, 1.54) is 0 Å². The largest absolute Gasteiger partial charge is 0.494 e. The van der Waals surface area contributed by atoms with E-state index in [0.717, 1.165) is 12.8 Å². The molecule has 0 spiro atoms. The predicted octanol–water partition coefficient (Wildman–Crippen LogP) is 1.93. The SMILES string of the molecule is O=c1[nH]c(=S)n(C2CC2)c(O)c1/C=C1\C=CC=N1. The van der Waals surface area contributed by atoms with Crippen molar-refractivity contribution in [3.63, 3.8) is 0 Å². The molecule has 1 aromatic rings. The lowest BCUT2D eigenvalue weighted by atomic mass is 10.2. The molecule has 3 rings (SSSR count). The Bertz CT molecular complexity index is 691. The minimum absolute atomic E-state index is 0.0748. The molecular formula is C12H11N3O2S. The molecule has 18 heavy (non-hydrogen) atoms. The second-order valence-corrected chi connectivity index (χ2v) is 4.69. The second-order valence-electron chi connectivity index (χ2n) is 4.30. The first-order chi connectivity index (χ1) is 8.66. The van der Waals surface area contributed by atoms with E-state index in [0.29, 0.717) is 5.70 Å². The van der Waals surface area contributed by atoms with Crippen LogP contribution >= 0.6 is 12.2 Å². The molecule has 5 nitrogen and oxygen atoms in total. The second kappa shape index (κ2) is 4.06. The van der Waals surface area contributed by atoms with Crippen LogP contribution in [0.4, 0.5) is 0 Å². The van der Waals surface area contributed by atoms with E-state index in [1.807, 2.05) is 0 Å². The third kappa shape index (κ3) is 1.84. The van der Waals surface area contributed by atoms with Gasteiger partial charge in [-0.2, -0.15) is 0 Å². The number of allylic oxidation sites excluding steroid dienone is 2. The summed E-state index contributed by atoms with van der Waals surface area (Å²) in [5, 5.41) is 10.2. The average molecular weight is 261 g/mol. The highest BCUT2D eigenvalue weighted by Gasteiger charge is 2.27. The lowest BCUT2D eigenvalue weighted by molar-refractivity contribution is 0.404. The number of aromatic hydroxyl groups is 1. The van der Waals surface area contributed by atoms with E-state index < -0.39 is 5.56 Å². The summed E-state index contributed by atoms with van der Waals surface area (Å²) in [5.74, 6) is -0.0748. The van der Waals surface area contributed by atoms with Crippen LogP contribution in [0.25, 0.3) is 6.08 Å². The van der Waals surface area contributed by atoms with Crippen molar-refractivity contribution >= 4 is 24.5 Å². The zero-order chi connectivity index (χ0) is 12.7. The van der Waals surface area contributed by atoms with Crippen LogP contribution in [0.1, 0.15) is 24.4 Å². The lowest BCUT2D eigenvalue weighted by Gasteiger charge is -2.09.